The number of nitrogen functional groups attached to an aromatic ring is 1. The number of carbonyl (C=O) groups is 1. The number of rotatable bonds is 6. The second kappa shape index (κ2) is 8.49. The highest BCUT2D eigenvalue weighted by Crippen LogP contribution is 2.42. The van der Waals surface area contributed by atoms with Crippen molar-refractivity contribution in [3.63, 3.8) is 0 Å². The van der Waals surface area contributed by atoms with Crippen LogP contribution < -0.4 is 5.73 Å². The van der Waals surface area contributed by atoms with E-state index in [1.165, 1.54) is 55.2 Å². The van der Waals surface area contributed by atoms with Gasteiger partial charge < -0.3 is 10.6 Å². The van der Waals surface area contributed by atoms with E-state index in [9.17, 15) is 4.79 Å². The van der Waals surface area contributed by atoms with Crippen molar-refractivity contribution in [3.8, 4) is 0 Å². The van der Waals surface area contributed by atoms with Crippen molar-refractivity contribution in [1.29, 1.82) is 0 Å². The fourth-order valence-corrected chi connectivity index (χ4v) is 6.73. The lowest BCUT2D eigenvalue weighted by Gasteiger charge is -2.25. The quantitative estimate of drug-likeness (QED) is 0.413. The molecule has 0 atom stereocenters. The van der Waals surface area contributed by atoms with E-state index in [4.69, 9.17) is 17.3 Å². The molecule has 3 aromatic rings. The van der Waals surface area contributed by atoms with Crippen molar-refractivity contribution in [2.24, 2.45) is 0 Å². The summed E-state index contributed by atoms with van der Waals surface area (Å²) in [5.41, 5.74) is 7.53. The number of ketones is 1. The smallest absolute Gasteiger partial charge is 0.205 e. The fourth-order valence-electron chi connectivity index (χ4n) is 3.27. The van der Waals surface area contributed by atoms with Crippen LogP contribution in [0.4, 0.5) is 5.69 Å². The van der Waals surface area contributed by atoms with Gasteiger partial charge in [0.25, 0.3) is 0 Å². The van der Waals surface area contributed by atoms with Gasteiger partial charge in [-0.2, -0.15) is 4.37 Å². The maximum Gasteiger partial charge on any atom is 0.205 e. The Morgan fingerprint density at radius 3 is 2.70 bits per heavy atom. The Hall–Kier alpha value is -1.12. The Morgan fingerprint density at radius 1 is 1.22 bits per heavy atom. The third kappa shape index (κ3) is 4.17. The molecule has 0 saturated carbocycles. The molecule has 0 radical (unpaired) electrons. The molecule has 3 heterocycles. The van der Waals surface area contributed by atoms with Crippen LogP contribution in [-0.2, 0) is 0 Å². The summed E-state index contributed by atoms with van der Waals surface area (Å²) in [5, 5.41) is 1.56. The van der Waals surface area contributed by atoms with Gasteiger partial charge in [0.15, 0.2) is 0 Å². The van der Waals surface area contributed by atoms with Crippen molar-refractivity contribution in [1.82, 2.24) is 9.27 Å². The average Bonchev–Trinajstić information content (AvgIpc) is 3.23. The summed E-state index contributed by atoms with van der Waals surface area (Å²) in [5.74, 6) is 0.953. The number of nitrogens with two attached hydrogens (primary N) is 1. The predicted octanol–water partition coefficient (Wildman–Crippen LogP) is 5.40. The third-order valence-corrected chi connectivity index (χ3v) is 8.28. The summed E-state index contributed by atoms with van der Waals surface area (Å²) in [6.45, 7) is 3.50. The van der Waals surface area contributed by atoms with E-state index in [1.807, 2.05) is 0 Å². The number of benzene rings is 1. The van der Waals surface area contributed by atoms with Crippen LogP contribution in [-0.4, -0.2) is 40.4 Å². The summed E-state index contributed by atoms with van der Waals surface area (Å²) in [4.78, 5) is 16.8. The molecule has 1 saturated heterocycles. The van der Waals surface area contributed by atoms with Crippen molar-refractivity contribution < 1.29 is 4.79 Å². The van der Waals surface area contributed by atoms with E-state index in [0.717, 1.165) is 26.7 Å². The molecule has 1 aromatic carbocycles. The molecule has 1 fully saturated rings. The average molecular weight is 438 g/mol. The molecule has 2 aromatic heterocycles. The SMILES string of the molecule is Nc1c(C(=O)c2ccc(Cl)cc2)sc2nsc(SCCN3CCCCC3)c12. The van der Waals surface area contributed by atoms with Crippen LogP contribution in [0.15, 0.2) is 28.5 Å². The number of halogens is 1. The van der Waals surface area contributed by atoms with Gasteiger partial charge in [0, 0.05) is 22.9 Å². The molecular formula is C19H20ClN3OS3. The number of piperidine rings is 1. The number of aromatic nitrogens is 1. The molecule has 1 aliphatic rings. The lowest BCUT2D eigenvalue weighted by atomic mass is 10.1. The lowest BCUT2D eigenvalue weighted by molar-refractivity contribution is 0.104. The highest BCUT2D eigenvalue weighted by molar-refractivity contribution is 8.01. The largest absolute Gasteiger partial charge is 0.397 e. The Labute approximate surface area is 175 Å². The number of hydrogen-bond donors (Lipinski definition) is 1. The van der Waals surface area contributed by atoms with Crippen LogP contribution in [0.3, 0.4) is 0 Å². The molecular weight excluding hydrogens is 418 g/mol. The Morgan fingerprint density at radius 2 is 1.96 bits per heavy atom. The monoisotopic (exact) mass is 437 g/mol. The maximum atomic E-state index is 12.8. The van der Waals surface area contributed by atoms with Crippen LogP contribution in [0.1, 0.15) is 34.5 Å². The molecule has 142 valence electrons. The number of likely N-dealkylation sites (tertiary alicyclic amines) is 1. The summed E-state index contributed by atoms with van der Waals surface area (Å²) in [6, 6.07) is 6.92. The number of anilines is 1. The molecule has 0 amide bonds. The van der Waals surface area contributed by atoms with Crippen LogP contribution in [0, 0.1) is 0 Å². The summed E-state index contributed by atoms with van der Waals surface area (Å²) in [7, 11) is 0. The first-order chi connectivity index (χ1) is 13.1. The molecule has 0 aliphatic carbocycles. The molecule has 27 heavy (non-hydrogen) atoms. The number of fused-ring (bicyclic) bond motifs is 1. The van der Waals surface area contributed by atoms with Crippen LogP contribution in [0.5, 0.6) is 0 Å². The normalized spacial score (nSPS) is 15.4. The number of thioether (sulfide) groups is 1. The summed E-state index contributed by atoms with van der Waals surface area (Å²) >= 11 is 10.6. The molecule has 0 bridgehead atoms. The molecule has 4 nitrogen and oxygen atoms in total. The second-order valence-electron chi connectivity index (χ2n) is 6.58. The zero-order valence-corrected chi connectivity index (χ0v) is 17.9. The van der Waals surface area contributed by atoms with Gasteiger partial charge in [-0.1, -0.05) is 18.0 Å². The van der Waals surface area contributed by atoms with Gasteiger partial charge in [0.2, 0.25) is 5.78 Å². The number of hydrogen-bond acceptors (Lipinski definition) is 7. The van der Waals surface area contributed by atoms with Gasteiger partial charge in [-0.25, -0.2) is 0 Å². The van der Waals surface area contributed by atoms with Crippen LogP contribution in [0.2, 0.25) is 5.02 Å². The molecule has 8 heteroatoms. The summed E-state index contributed by atoms with van der Waals surface area (Å²) < 4.78 is 5.64. The third-order valence-electron chi connectivity index (χ3n) is 4.74. The Balaban J connectivity index is 1.50. The standard InChI is InChI=1S/C19H20ClN3OS3/c20-13-6-4-12(5-7-13)16(24)17-15(21)14-18(26-17)22-27-19(14)25-11-10-23-8-2-1-3-9-23/h4-7H,1-3,8-11,21H2. The number of carbonyl (C=O) groups excluding carboxylic acids is 1. The summed E-state index contributed by atoms with van der Waals surface area (Å²) in [6.07, 6.45) is 3.97. The van der Waals surface area contributed by atoms with E-state index in [0.29, 0.717) is 21.2 Å². The highest BCUT2D eigenvalue weighted by Gasteiger charge is 2.22. The van der Waals surface area contributed by atoms with Crippen molar-refractivity contribution in [3.05, 3.63) is 39.7 Å². The van der Waals surface area contributed by atoms with Gasteiger partial charge in [-0.05, 0) is 61.7 Å². The number of thiophene rings is 1. The van der Waals surface area contributed by atoms with E-state index < -0.39 is 0 Å². The van der Waals surface area contributed by atoms with E-state index in [2.05, 4.69) is 9.27 Å². The minimum atomic E-state index is -0.0681. The molecule has 4 rings (SSSR count). The number of nitrogens with zero attached hydrogens (tertiary/aromatic N) is 2. The fraction of sp³-hybridized carbons (Fsp3) is 0.368. The van der Waals surface area contributed by atoms with Crippen molar-refractivity contribution in [2.45, 2.75) is 23.5 Å². The van der Waals surface area contributed by atoms with E-state index in [-0.39, 0.29) is 5.78 Å². The van der Waals surface area contributed by atoms with Gasteiger partial charge in [-0.3, -0.25) is 4.79 Å². The van der Waals surface area contributed by atoms with Crippen molar-refractivity contribution >= 4 is 67.9 Å². The lowest BCUT2D eigenvalue weighted by Crippen LogP contribution is -2.31. The van der Waals surface area contributed by atoms with Gasteiger partial charge in [-0.15, -0.1) is 23.1 Å². The molecule has 1 aliphatic heterocycles. The second-order valence-corrected chi connectivity index (χ2v) is 10.2. The zero-order chi connectivity index (χ0) is 18.8. The zero-order valence-electron chi connectivity index (χ0n) is 14.7. The molecule has 2 N–H and O–H groups in total. The minimum Gasteiger partial charge on any atom is -0.397 e. The Bertz CT molecular complexity index is 945. The first-order valence-corrected chi connectivity index (χ1v) is 11.9. The maximum absolute atomic E-state index is 12.8. The highest BCUT2D eigenvalue weighted by atomic mass is 35.5. The van der Waals surface area contributed by atoms with Crippen molar-refractivity contribution in [2.75, 3.05) is 31.1 Å². The topological polar surface area (TPSA) is 59.2 Å². The van der Waals surface area contributed by atoms with Gasteiger partial charge in [0.05, 0.1) is 15.3 Å². The van der Waals surface area contributed by atoms with Crippen LogP contribution >= 0.6 is 46.2 Å². The van der Waals surface area contributed by atoms with E-state index >= 15 is 0 Å². The first kappa shape index (κ1) is 19.2. The minimum absolute atomic E-state index is 0.0681. The van der Waals surface area contributed by atoms with E-state index in [1.54, 1.807) is 36.0 Å². The van der Waals surface area contributed by atoms with Gasteiger partial charge >= 0.3 is 0 Å². The van der Waals surface area contributed by atoms with Crippen LogP contribution in [0.25, 0.3) is 10.2 Å². The predicted molar refractivity (Wildman–Crippen MR) is 118 cm³/mol. The van der Waals surface area contributed by atoms with Gasteiger partial charge in [0.1, 0.15) is 9.71 Å². The molecule has 0 unspecified atom stereocenters. The first-order valence-electron chi connectivity index (χ1n) is 8.96. The Kier molecular flexibility index (Phi) is 6.04. The molecule has 0 spiro atoms.